The van der Waals surface area contributed by atoms with E-state index in [-0.39, 0.29) is 54.2 Å². The van der Waals surface area contributed by atoms with Gasteiger partial charge in [0.05, 0.1) is 28.9 Å². The zero-order chi connectivity index (χ0) is 35.0. The van der Waals surface area contributed by atoms with Crippen molar-refractivity contribution in [1.82, 2.24) is 24.8 Å². The number of carbonyl (C=O) groups excluding carboxylic acids is 1. The molecular weight excluding hydrogens is 627 g/mol. The summed E-state index contributed by atoms with van der Waals surface area (Å²) in [6.45, 7) is 16.6. The third-order valence-corrected chi connectivity index (χ3v) is 9.83. The van der Waals surface area contributed by atoms with Gasteiger partial charge in [-0.2, -0.15) is 4.98 Å². The van der Waals surface area contributed by atoms with Crippen molar-refractivity contribution in [3.63, 3.8) is 0 Å². The molecule has 0 spiro atoms. The molecule has 0 saturated heterocycles. The second kappa shape index (κ2) is 13.5. The van der Waals surface area contributed by atoms with Crippen LogP contribution >= 0.6 is 0 Å². The summed E-state index contributed by atoms with van der Waals surface area (Å²) in [5, 5.41) is 0. The molecule has 12 heteroatoms. The first-order valence-corrected chi connectivity index (χ1v) is 17.6. The molecule has 4 aromatic rings. The van der Waals surface area contributed by atoms with Crippen molar-refractivity contribution in [2.75, 3.05) is 23.3 Å². The summed E-state index contributed by atoms with van der Waals surface area (Å²) >= 11 is 0. The lowest BCUT2D eigenvalue weighted by molar-refractivity contribution is 0.0508. The lowest BCUT2D eigenvalue weighted by Crippen LogP contribution is -2.45. The van der Waals surface area contributed by atoms with E-state index in [2.05, 4.69) is 54.3 Å². The summed E-state index contributed by atoms with van der Waals surface area (Å²) < 4.78 is 36.4. The Morgan fingerprint density at radius 3 is 2.38 bits per heavy atom. The fourth-order valence-electron chi connectivity index (χ4n) is 5.74. The summed E-state index contributed by atoms with van der Waals surface area (Å²) in [5.74, 6) is 0.287. The second-order valence-corrected chi connectivity index (χ2v) is 15.7. The fraction of sp³-hybridized carbons (Fsp3) is 0.417. The number of hydrogen-bond acceptors (Lipinski definition) is 9. The number of sulfonamides is 1. The second-order valence-electron chi connectivity index (χ2n) is 14.0. The summed E-state index contributed by atoms with van der Waals surface area (Å²) in [5.41, 5.74) is 4.89. The molecule has 0 radical (unpaired) electrons. The molecule has 48 heavy (non-hydrogen) atoms. The van der Waals surface area contributed by atoms with Crippen LogP contribution in [0, 0.1) is 26.2 Å². The van der Waals surface area contributed by atoms with Gasteiger partial charge in [0.25, 0.3) is 15.9 Å². The lowest BCUT2D eigenvalue weighted by Gasteiger charge is -2.36. The highest BCUT2D eigenvalue weighted by molar-refractivity contribution is 7.92. The first kappa shape index (κ1) is 34.7. The molecule has 1 N–H and O–H groups in total. The molecule has 2 aromatic heterocycles. The van der Waals surface area contributed by atoms with E-state index in [0.717, 1.165) is 22.3 Å². The van der Waals surface area contributed by atoms with Crippen LogP contribution in [0.2, 0.25) is 0 Å². The van der Waals surface area contributed by atoms with Gasteiger partial charge in [-0.15, -0.1) is 0 Å². The van der Waals surface area contributed by atoms with Crippen molar-refractivity contribution in [1.29, 1.82) is 0 Å². The SMILES string of the molecule is Cc1cnc(N(C)C(C)C)nc1CN1C(=O)c2cccc(c2)S(=O)(=O)Nc2nc(cc(-c3c(C)cccc3C)n2)OC[C@H]1CC(C)(C)C.[HH]. The van der Waals surface area contributed by atoms with Gasteiger partial charge in [-0.3, -0.25) is 4.79 Å². The molecule has 1 amide bonds. The third-order valence-electron chi connectivity index (χ3n) is 8.50. The van der Waals surface area contributed by atoms with E-state index < -0.39 is 16.1 Å². The van der Waals surface area contributed by atoms with Gasteiger partial charge in [0.1, 0.15) is 6.61 Å². The molecule has 4 bridgehead atoms. The number of ether oxygens (including phenoxy) is 1. The van der Waals surface area contributed by atoms with Crippen LogP contribution in [0.5, 0.6) is 5.88 Å². The number of rotatable bonds is 6. The molecule has 2 aromatic carbocycles. The van der Waals surface area contributed by atoms with Gasteiger partial charge >= 0.3 is 0 Å². The Morgan fingerprint density at radius 1 is 1.02 bits per heavy atom. The van der Waals surface area contributed by atoms with E-state index in [1.54, 1.807) is 29.3 Å². The number of nitrogens with zero attached hydrogens (tertiary/aromatic N) is 6. The molecule has 5 rings (SSSR count). The summed E-state index contributed by atoms with van der Waals surface area (Å²) in [6, 6.07) is 13.4. The Bertz CT molecular complexity index is 1930. The molecule has 1 atom stereocenters. The maximum Gasteiger partial charge on any atom is 0.264 e. The average molecular weight is 674 g/mol. The van der Waals surface area contributed by atoms with Crippen LogP contribution in [0.3, 0.4) is 0 Å². The highest BCUT2D eigenvalue weighted by Crippen LogP contribution is 2.32. The van der Waals surface area contributed by atoms with E-state index in [4.69, 9.17) is 9.72 Å². The minimum Gasteiger partial charge on any atom is -0.475 e. The first-order chi connectivity index (χ1) is 22.5. The highest BCUT2D eigenvalue weighted by Gasteiger charge is 2.32. The zero-order valence-electron chi connectivity index (χ0n) is 29.2. The highest BCUT2D eigenvalue weighted by atomic mass is 32.2. The molecule has 0 aliphatic carbocycles. The van der Waals surface area contributed by atoms with Gasteiger partial charge in [0.15, 0.2) is 0 Å². The molecule has 0 fully saturated rings. The maximum atomic E-state index is 14.5. The number of aromatic nitrogens is 4. The van der Waals surface area contributed by atoms with E-state index in [1.165, 1.54) is 12.1 Å². The Labute approximate surface area is 285 Å². The van der Waals surface area contributed by atoms with Gasteiger partial charge in [0.2, 0.25) is 17.8 Å². The standard InChI is InChI=1S/C36H45N7O4S.H2/c1-22(2)42(9)35-37-19-25(5)30(39-35)20-43-27(18-36(6,7)8)21-47-31-17-29(32-23(3)12-10-13-24(32)4)38-34(40-31)41-48(45,46)28-15-11-14-26(16-28)33(43)44;/h10-17,19,22,27H,18,20-21H2,1-9H3,(H,38,40,41);1H/t27-;/m1./s1. The van der Waals surface area contributed by atoms with Gasteiger partial charge < -0.3 is 14.5 Å². The molecule has 3 heterocycles. The predicted octanol–water partition coefficient (Wildman–Crippen LogP) is 6.59. The fourth-order valence-corrected chi connectivity index (χ4v) is 6.73. The van der Waals surface area contributed by atoms with E-state index >= 15 is 0 Å². The number of benzene rings is 2. The largest absolute Gasteiger partial charge is 0.475 e. The quantitative estimate of drug-likeness (QED) is 0.241. The minimum absolute atomic E-state index is 0. The predicted molar refractivity (Wildman–Crippen MR) is 190 cm³/mol. The zero-order valence-corrected chi connectivity index (χ0v) is 30.0. The summed E-state index contributed by atoms with van der Waals surface area (Å²) in [4.78, 5) is 36.7. The van der Waals surface area contributed by atoms with E-state index in [1.807, 2.05) is 50.9 Å². The lowest BCUT2D eigenvalue weighted by atomic mass is 9.87. The average Bonchev–Trinajstić information content (AvgIpc) is 3.01. The van der Waals surface area contributed by atoms with Crippen LogP contribution in [0.15, 0.2) is 59.6 Å². The van der Waals surface area contributed by atoms with Crippen LogP contribution in [0.4, 0.5) is 11.9 Å². The number of anilines is 2. The van der Waals surface area contributed by atoms with Crippen LogP contribution in [0.1, 0.15) is 75.2 Å². The topological polar surface area (TPSA) is 131 Å². The van der Waals surface area contributed by atoms with E-state index in [0.29, 0.717) is 23.8 Å². The summed E-state index contributed by atoms with van der Waals surface area (Å²) in [6.07, 6.45) is 2.35. The van der Waals surface area contributed by atoms with Crippen LogP contribution < -0.4 is 14.4 Å². The molecule has 0 saturated carbocycles. The minimum atomic E-state index is -4.18. The summed E-state index contributed by atoms with van der Waals surface area (Å²) in [7, 11) is -2.24. The van der Waals surface area contributed by atoms with Crippen molar-refractivity contribution >= 4 is 27.8 Å². The molecule has 11 nitrogen and oxygen atoms in total. The number of amides is 1. The Balaban J connectivity index is 0.00000541. The van der Waals surface area contributed by atoms with Crippen molar-refractivity contribution in [2.45, 2.75) is 85.3 Å². The number of carbonyl (C=O) groups is 1. The number of aryl methyl sites for hydroxylation is 3. The Hall–Kier alpha value is -4.58. The Kier molecular flexibility index (Phi) is 9.77. The van der Waals surface area contributed by atoms with Crippen LogP contribution in [-0.2, 0) is 16.6 Å². The van der Waals surface area contributed by atoms with Crippen LogP contribution in [0.25, 0.3) is 11.3 Å². The van der Waals surface area contributed by atoms with Crippen LogP contribution in [-0.4, -0.2) is 64.9 Å². The number of nitrogens with one attached hydrogen (secondary N) is 1. The first-order valence-electron chi connectivity index (χ1n) is 16.1. The molecule has 1 aliphatic rings. The monoisotopic (exact) mass is 673 g/mol. The van der Waals surface area contributed by atoms with Crippen molar-refractivity contribution in [3.05, 3.63) is 82.7 Å². The third kappa shape index (κ3) is 7.75. The van der Waals surface area contributed by atoms with Gasteiger partial charge in [-0.1, -0.05) is 45.0 Å². The normalized spacial score (nSPS) is 16.3. The van der Waals surface area contributed by atoms with E-state index in [9.17, 15) is 13.2 Å². The maximum absolute atomic E-state index is 14.5. The van der Waals surface area contributed by atoms with Gasteiger partial charge in [-0.05, 0) is 81.3 Å². The molecule has 0 unspecified atom stereocenters. The van der Waals surface area contributed by atoms with Crippen molar-refractivity contribution in [3.8, 4) is 17.1 Å². The Morgan fingerprint density at radius 2 is 1.71 bits per heavy atom. The van der Waals surface area contributed by atoms with Crippen molar-refractivity contribution in [2.24, 2.45) is 5.41 Å². The van der Waals surface area contributed by atoms with Crippen molar-refractivity contribution < 1.29 is 19.4 Å². The number of hydrogen-bond donors (Lipinski definition) is 1. The molecular formula is C36H47N7O4S. The van der Waals surface area contributed by atoms with Gasteiger partial charge in [0, 0.05) is 37.9 Å². The molecule has 256 valence electrons. The number of fused-ring (bicyclic) bond motifs is 4. The molecule has 1 aliphatic heterocycles. The van der Waals surface area contributed by atoms with Gasteiger partial charge in [-0.25, -0.2) is 28.1 Å². The smallest absolute Gasteiger partial charge is 0.264 e.